The van der Waals surface area contributed by atoms with Gasteiger partial charge in [0.15, 0.2) is 0 Å². The molecule has 1 heterocycles. The maximum Gasteiger partial charge on any atom is 0.265 e. The Balaban J connectivity index is 2.04. The van der Waals surface area contributed by atoms with Gasteiger partial charge in [-0.3, -0.25) is 0 Å². The van der Waals surface area contributed by atoms with Crippen LogP contribution in [0.15, 0.2) is 16.7 Å². The van der Waals surface area contributed by atoms with E-state index < -0.39 is 6.43 Å². The normalized spacial score (nSPS) is 17.6. The predicted octanol–water partition coefficient (Wildman–Crippen LogP) is 3.99. The van der Waals surface area contributed by atoms with Crippen molar-refractivity contribution in [2.75, 3.05) is 11.9 Å². The Hall–Kier alpha value is -0.710. The average molecular weight is 291 g/mol. The molecule has 0 spiro atoms. The van der Waals surface area contributed by atoms with Crippen molar-refractivity contribution in [3.05, 3.63) is 22.3 Å². The number of anilines is 1. The molecule has 1 aliphatic rings. The van der Waals surface area contributed by atoms with Crippen molar-refractivity contribution in [1.82, 2.24) is 4.98 Å². The van der Waals surface area contributed by atoms with Crippen molar-refractivity contribution in [2.24, 2.45) is 5.41 Å². The van der Waals surface area contributed by atoms with Gasteiger partial charge >= 0.3 is 0 Å². The first-order chi connectivity index (χ1) is 7.50. The fourth-order valence-electron chi connectivity index (χ4n) is 1.39. The minimum Gasteiger partial charge on any atom is -0.369 e. The molecule has 1 saturated carbocycles. The second kappa shape index (κ2) is 4.28. The molecule has 0 bridgehead atoms. The second-order valence-corrected chi connectivity index (χ2v) is 5.42. The van der Waals surface area contributed by atoms with Gasteiger partial charge < -0.3 is 5.32 Å². The summed E-state index contributed by atoms with van der Waals surface area (Å²) in [5.41, 5.74) is 0.303. The Bertz CT molecular complexity index is 392. The Morgan fingerprint density at radius 3 is 2.75 bits per heavy atom. The quantitative estimate of drug-likeness (QED) is 0.907. The summed E-state index contributed by atoms with van der Waals surface area (Å²) in [7, 11) is 0. The van der Waals surface area contributed by atoms with Gasteiger partial charge in [0.05, 0.1) is 4.47 Å². The van der Waals surface area contributed by atoms with Crippen molar-refractivity contribution in [2.45, 2.75) is 26.2 Å². The summed E-state index contributed by atoms with van der Waals surface area (Å²) in [4.78, 5) is 3.99. The predicted molar refractivity (Wildman–Crippen MR) is 62.7 cm³/mol. The monoisotopic (exact) mass is 290 g/mol. The first-order valence-corrected chi connectivity index (χ1v) is 5.97. The Morgan fingerprint density at radius 2 is 2.25 bits per heavy atom. The molecule has 0 aromatic carbocycles. The summed E-state index contributed by atoms with van der Waals surface area (Å²) < 4.78 is 25.4. The van der Waals surface area contributed by atoms with E-state index in [4.69, 9.17) is 0 Å². The van der Waals surface area contributed by atoms with Crippen molar-refractivity contribution in [3.8, 4) is 0 Å². The van der Waals surface area contributed by atoms with Gasteiger partial charge in [-0.2, -0.15) is 0 Å². The zero-order valence-electron chi connectivity index (χ0n) is 8.93. The molecule has 0 atom stereocenters. The molecule has 1 aromatic heterocycles. The van der Waals surface area contributed by atoms with Gasteiger partial charge in [0, 0.05) is 18.3 Å². The van der Waals surface area contributed by atoms with Gasteiger partial charge in [-0.1, -0.05) is 6.92 Å². The summed E-state index contributed by atoms with van der Waals surface area (Å²) in [6.45, 7) is 3.04. The standard InChI is InChI=1S/C11H13BrF2N2/c1-11(2-3-11)6-16-10-8(12)4-7(5-15-10)9(13)14/h4-5,9H,2-3,6H2,1H3,(H,15,16). The number of aromatic nitrogens is 1. The summed E-state index contributed by atoms with van der Waals surface area (Å²) in [5.74, 6) is 0.637. The lowest BCUT2D eigenvalue weighted by Gasteiger charge is -2.12. The number of alkyl halides is 2. The molecule has 16 heavy (non-hydrogen) atoms. The van der Waals surface area contributed by atoms with Gasteiger partial charge in [-0.05, 0) is 40.3 Å². The number of nitrogens with one attached hydrogen (secondary N) is 1. The summed E-state index contributed by atoms with van der Waals surface area (Å²) in [5, 5.41) is 3.18. The summed E-state index contributed by atoms with van der Waals surface area (Å²) in [6.07, 6.45) is 1.17. The number of hydrogen-bond acceptors (Lipinski definition) is 2. The van der Waals surface area contributed by atoms with E-state index in [1.807, 2.05) is 0 Å². The van der Waals surface area contributed by atoms with E-state index in [9.17, 15) is 8.78 Å². The first kappa shape index (κ1) is 11.8. The van der Waals surface area contributed by atoms with Crippen LogP contribution >= 0.6 is 15.9 Å². The Labute approximate surface area is 102 Å². The molecule has 1 fully saturated rings. The highest BCUT2D eigenvalue weighted by atomic mass is 79.9. The van der Waals surface area contributed by atoms with Crippen LogP contribution in [0.1, 0.15) is 31.8 Å². The molecule has 5 heteroatoms. The largest absolute Gasteiger partial charge is 0.369 e. The third-order valence-corrected chi connectivity index (χ3v) is 3.50. The molecule has 0 saturated heterocycles. The molecule has 1 aromatic rings. The highest BCUT2D eigenvalue weighted by Gasteiger charge is 2.36. The molecular formula is C11H13BrF2N2. The van der Waals surface area contributed by atoms with Crippen LogP contribution in [0.2, 0.25) is 0 Å². The lowest BCUT2D eigenvalue weighted by Crippen LogP contribution is -2.13. The maximum atomic E-state index is 12.4. The first-order valence-electron chi connectivity index (χ1n) is 5.18. The number of pyridine rings is 1. The fourth-order valence-corrected chi connectivity index (χ4v) is 1.90. The van der Waals surface area contributed by atoms with Crippen LogP contribution in [0.25, 0.3) is 0 Å². The smallest absolute Gasteiger partial charge is 0.265 e. The number of nitrogens with zero attached hydrogens (tertiary/aromatic N) is 1. The van der Waals surface area contributed by atoms with Crippen molar-refractivity contribution < 1.29 is 8.78 Å². The Morgan fingerprint density at radius 1 is 1.56 bits per heavy atom. The number of rotatable bonds is 4. The molecule has 0 amide bonds. The van der Waals surface area contributed by atoms with E-state index in [1.165, 1.54) is 25.1 Å². The molecule has 1 N–H and O–H groups in total. The summed E-state index contributed by atoms with van der Waals surface area (Å²) >= 11 is 3.25. The number of hydrogen-bond donors (Lipinski definition) is 1. The zero-order valence-corrected chi connectivity index (χ0v) is 10.5. The van der Waals surface area contributed by atoms with Crippen LogP contribution < -0.4 is 5.32 Å². The topological polar surface area (TPSA) is 24.9 Å². The highest BCUT2D eigenvalue weighted by Crippen LogP contribution is 2.44. The fraction of sp³-hybridized carbons (Fsp3) is 0.545. The third-order valence-electron chi connectivity index (χ3n) is 2.90. The molecule has 2 nitrogen and oxygen atoms in total. The van der Waals surface area contributed by atoms with Crippen LogP contribution in [-0.4, -0.2) is 11.5 Å². The van der Waals surface area contributed by atoms with Crippen molar-refractivity contribution in [3.63, 3.8) is 0 Å². The van der Waals surface area contributed by atoms with Gasteiger partial charge in [0.2, 0.25) is 0 Å². The van der Waals surface area contributed by atoms with E-state index in [1.54, 1.807) is 0 Å². The van der Waals surface area contributed by atoms with E-state index in [0.29, 0.717) is 15.7 Å². The summed E-state index contributed by atoms with van der Waals surface area (Å²) in [6, 6.07) is 1.41. The molecular weight excluding hydrogens is 278 g/mol. The minimum absolute atomic E-state index is 0.0601. The van der Waals surface area contributed by atoms with Crippen LogP contribution in [-0.2, 0) is 0 Å². The van der Waals surface area contributed by atoms with Crippen LogP contribution in [0, 0.1) is 5.41 Å². The lowest BCUT2D eigenvalue weighted by molar-refractivity contribution is 0.151. The molecule has 0 unspecified atom stereocenters. The zero-order chi connectivity index (χ0) is 11.8. The van der Waals surface area contributed by atoms with Crippen molar-refractivity contribution in [1.29, 1.82) is 0 Å². The van der Waals surface area contributed by atoms with Gasteiger partial charge in [-0.15, -0.1) is 0 Å². The molecule has 2 rings (SSSR count). The molecule has 1 aliphatic carbocycles. The SMILES string of the molecule is CC1(CNc2ncc(C(F)F)cc2Br)CC1. The maximum absolute atomic E-state index is 12.4. The number of halogens is 3. The van der Waals surface area contributed by atoms with Crippen LogP contribution in [0.5, 0.6) is 0 Å². The lowest BCUT2D eigenvalue weighted by atomic mass is 10.1. The molecule has 0 radical (unpaired) electrons. The third kappa shape index (κ3) is 2.70. The molecule has 0 aliphatic heterocycles. The van der Waals surface area contributed by atoms with Gasteiger partial charge in [-0.25, -0.2) is 13.8 Å². The minimum atomic E-state index is -2.47. The van der Waals surface area contributed by atoms with Crippen molar-refractivity contribution >= 4 is 21.7 Å². The van der Waals surface area contributed by atoms with E-state index in [2.05, 4.69) is 33.2 Å². The highest BCUT2D eigenvalue weighted by molar-refractivity contribution is 9.10. The van der Waals surface area contributed by atoms with Gasteiger partial charge in [0.25, 0.3) is 6.43 Å². The molecule has 88 valence electrons. The van der Waals surface area contributed by atoms with E-state index >= 15 is 0 Å². The average Bonchev–Trinajstić information content (AvgIpc) is 2.95. The Kier molecular flexibility index (Phi) is 3.15. The van der Waals surface area contributed by atoms with Crippen LogP contribution in [0.4, 0.5) is 14.6 Å². The second-order valence-electron chi connectivity index (χ2n) is 4.56. The van der Waals surface area contributed by atoms with Gasteiger partial charge in [0.1, 0.15) is 5.82 Å². The van der Waals surface area contributed by atoms with Crippen LogP contribution in [0.3, 0.4) is 0 Å². The van der Waals surface area contributed by atoms with E-state index in [0.717, 1.165) is 6.54 Å². The van der Waals surface area contributed by atoms with E-state index in [-0.39, 0.29) is 5.56 Å².